The van der Waals surface area contributed by atoms with Crippen LogP contribution in [0.15, 0.2) is 36.5 Å². The number of unbranched alkanes of at least 4 members (excludes halogenated alkanes) is 1. The number of imidazole rings is 1. The lowest BCUT2D eigenvalue weighted by Gasteiger charge is -2.15. The first kappa shape index (κ1) is 20.0. The molecule has 0 aliphatic rings. The second kappa shape index (κ2) is 8.50. The molecule has 0 spiro atoms. The standard InChI is InChI=1S/C22H25F2N3O/c1-4-6-8-15(5-2)22(28)26-21-20(16-9-7-10-17(23)19(16)24)25-18-13-14(3)11-12-27(18)21/h7,9-13,15H,4-6,8H2,1-3H3,(H,26,28)/t15-/m1/s1. The SMILES string of the molecule is CCCC[C@@H](CC)C(=O)Nc1c(-c2cccc(F)c2F)nc2cc(C)ccn12. The van der Waals surface area contributed by atoms with Crippen molar-refractivity contribution in [2.24, 2.45) is 5.92 Å². The van der Waals surface area contributed by atoms with Gasteiger partial charge >= 0.3 is 0 Å². The fourth-order valence-corrected chi connectivity index (χ4v) is 3.33. The van der Waals surface area contributed by atoms with E-state index in [0.29, 0.717) is 17.9 Å². The molecule has 4 nitrogen and oxygen atoms in total. The van der Waals surface area contributed by atoms with Gasteiger partial charge in [0.2, 0.25) is 5.91 Å². The van der Waals surface area contributed by atoms with E-state index in [-0.39, 0.29) is 23.1 Å². The molecule has 3 aromatic rings. The number of nitrogens with one attached hydrogen (secondary N) is 1. The van der Waals surface area contributed by atoms with Gasteiger partial charge in [-0.1, -0.05) is 32.8 Å². The van der Waals surface area contributed by atoms with Crippen LogP contribution in [-0.2, 0) is 4.79 Å². The summed E-state index contributed by atoms with van der Waals surface area (Å²) >= 11 is 0. The van der Waals surface area contributed by atoms with Gasteiger partial charge in [-0.25, -0.2) is 13.8 Å². The largest absolute Gasteiger partial charge is 0.310 e. The molecule has 0 saturated heterocycles. The zero-order valence-electron chi connectivity index (χ0n) is 16.4. The van der Waals surface area contributed by atoms with E-state index < -0.39 is 11.6 Å². The molecule has 1 amide bonds. The summed E-state index contributed by atoms with van der Waals surface area (Å²) in [5.74, 6) is -1.83. The zero-order chi connectivity index (χ0) is 20.3. The highest BCUT2D eigenvalue weighted by atomic mass is 19.2. The van der Waals surface area contributed by atoms with Gasteiger partial charge in [0.25, 0.3) is 0 Å². The van der Waals surface area contributed by atoms with Crippen LogP contribution in [-0.4, -0.2) is 15.3 Å². The van der Waals surface area contributed by atoms with Crippen molar-refractivity contribution < 1.29 is 13.6 Å². The van der Waals surface area contributed by atoms with E-state index in [1.54, 1.807) is 10.6 Å². The fourth-order valence-electron chi connectivity index (χ4n) is 3.33. The van der Waals surface area contributed by atoms with Crippen molar-refractivity contribution >= 4 is 17.4 Å². The third kappa shape index (κ3) is 3.91. The van der Waals surface area contributed by atoms with E-state index in [1.807, 2.05) is 26.0 Å². The monoisotopic (exact) mass is 385 g/mol. The van der Waals surface area contributed by atoms with Gasteiger partial charge in [0.15, 0.2) is 11.6 Å². The van der Waals surface area contributed by atoms with Crippen molar-refractivity contribution in [1.82, 2.24) is 9.38 Å². The molecule has 0 fully saturated rings. The molecule has 0 bridgehead atoms. The van der Waals surface area contributed by atoms with Crippen LogP contribution in [0.25, 0.3) is 16.9 Å². The quantitative estimate of drug-likeness (QED) is 0.563. The van der Waals surface area contributed by atoms with Crippen LogP contribution >= 0.6 is 0 Å². The van der Waals surface area contributed by atoms with Gasteiger partial charge in [0.05, 0.1) is 0 Å². The number of fused-ring (bicyclic) bond motifs is 1. The van der Waals surface area contributed by atoms with Crippen LogP contribution in [0.2, 0.25) is 0 Å². The zero-order valence-corrected chi connectivity index (χ0v) is 16.4. The maximum Gasteiger partial charge on any atom is 0.228 e. The van der Waals surface area contributed by atoms with E-state index in [1.165, 1.54) is 12.1 Å². The Labute approximate surface area is 163 Å². The first-order valence-corrected chi connectivity index (χ1v) is 9.70. The van der Waals surface area contributed by atoms with Crippen LogP contribution in [0, 0.1) is 24.5 Å². The number of rotatable bonds is 7. The maximum absolute atomic E-state index is 14.5. The number of carbonyl (C=O) groups excluding carboxylic acids is 1. The number of anilines is 1. The highest BCUT2D eigenvalue weighted by molar-refractivity contribution is 5.96. The first-order valence-electron chi connectivity index (χ1n) is 9.70. The lowest BCUT2D eigenvalue weighted by Crippen LogP contribution is -2.23. The lowest BCUT2D eigenvalue weighted by atomic mass is 9.98. The van der Waals surface area contributed by atoms with Gasteiger partial charge in [-0.15, -0.1) is 0 Å². The van der Waals surface area contributed by atoms with Crippen LogP contribution < -0.4 is 5.32 Å². The molecule has 6 heteroatoms. The van der Waals surface area contributed by atoms with Gasteiger partial charge in [-0.05, 0) is 49.6 Å². The van der Waals surface area contributed by atoms with Crippen molar-refractivity contribution in [1.29, 1.82) is 0 Å². The third-order valence-corrected chi connectivity index (χ3v) is 5.00. The fraction of sp³-hybridized carbons (Fsp3) is 0.364. The summed E-state index contributed by atoms with van der Waals surface area (Å²) in [6, 6.07) is 7.69. The van der Waals surface area contributed by atoms with Gasteiger partial charge in [0, 0.05) is 17.7 Å². The maximum atomic E-state index is 14.5. The van der Waals surface area contributed by atoms with Crippen LogP contribution in [0.1, 0.15) is 45.1 Å². The summed E-state index contributed by atoms with van der Waals surface area (Å²) < 4.78 is 30.0. The minimum atomic E-state index is -0.976. The van der Waals surface area contributed by atoms with E-state index in [2.05, 4.69) is 17.2 Å². The minimum Gasteiger partial charge on any atom is -0.310 e. The molecular weight excluding hydrogens is 360 g/mol. The van der Waals surface area contributed by atoms with Gasteiger partial charge in [-0.2, -0.15) is 0 Å². The van der Waals surface area contributed by atoms with E-state index in [9.17, 15) is 13.6 Å². The number of benzene rings is 1. The molecule has 1 atom stereocenters. The number of hydrogen-bond donors (Lipinski definition) is 1. The Balaban J connectivity index is 2.09. The first-order chi connectivity index (χ1) is 13.5. The van der Waals surface area contributed by atoms with Gasteiger partial charge < -0.3 is 5.32 Å². The summed E-state index contributed by atoms with van der Waals surface area (Å²) in [5.41, 5.74) is 1.80. The van der Waals surface area contributed by atoms with Gasteiger partial charge in [0.1, 0.15) is 17.2 Å². The molecular formula is C22H25F2N3O. The molecule has 0 radical (unpaired) electrons. The molecule has 28 heavy (non-hydrogen) atoms. The number of aryl methyl sites for hydroxylation is 1. The summed E-state index contributed by atoms with van der Waals surface area (Å²) in [5, 5.41) is 2.93. The predicted molar refractivity (Wildman–Crippen MR) is 107 cm³/mol. The Morgan fingerprint density at radius 2 is 2.04 bits per heavy atom. The molecule has 0 aliphatic carbocycles. The summed E-state index contributed by atoms with van der Waals surface area (Å²) in [6.07, 6.45) is 5.26. The van der Waals surface area contributed by atoms with Crippen LogP contribution in [0.4, 0.5) is 14.6 Å². The molecule has 1 N–H and O–H groups in total. The average molecular weight is 385 g/mol. The van der Waals surface area contributed by atoms with Crippen LogP contribution in [0.3, 0.4) is 0 Å². The number of amides is 1. The number of hydrogen-bond acceptors (Lipinski definition) is 2. The Hall–Kier alpha value is -2.76. The summed E-state index contributed by atoms with van der Waals surface area (Å²) in [6.45, 7) is 5.99. The smallest absolute Gasteiger partial charge is 0.228 e. The van der Waals surface area contributed by atoms with Crippen molar-refractivity contribution in [3.8, 4) is 11.3 Å². The minimum absolute atomic E-state index is 0.0262. The molecule has 2 aromatic heterocycles. The average Bonchev–Trinajstić information content (AvgIpc) is 3.01. The van der Waals surface area contributed by atoms with Crippen molar-refractivity contribution in [3.63, 3.8) is 0 Å². The van der Waals surface area contributed by atoms with Crippen molar-refractivity contribution in [2.75, 3.05) is 5.32 Å². The normalized spacial score (nSPS) is 12.3. The summed E-state index contributed by atoms with van der Waals surface area (Å²) in [4.78, 5) is 17.4. The second-order valence-electron chi connectivity index (χ2n) is 7.08. The number of pyridine rings is 1. The molecule has 1 aromatic carbocycles. The van der Waals surface area contributed by atoms with Crippen molar-refractivity contribution in [3.05, 3.63) is 53.7 Å². The van der Waals surface area contributed by atoms with Gasteiger partial charge in [-0.3, -0.25) is 9.20 Å². The van der Waals surface area contributed by atoms with E-state index in [0.717, 1.165) is 30.9 Å². The number of aromatic nitrogens is 2. The van der Waals surface area contributed by atoms with E-state index in [4.69, 9.17) is 0 Å². The number of halogens is 2. The van der Waals surface area contributed by atoms with Crippen LogP contribution in [0.5, 0.6) is 0 Å². The van der Waals surface area contributed by atoms with Crippen molar-refractivity contribution in [2.45, 2.75) is 46.5 Å². The molecule has 0 unspecified atom stereocenters. The summed E-state index contributed by atoms with van der Waals surface area (Å²) in [7, 11) is 0. The molecule has 3 rings (SSSR count). The third-order valence-electron chi connectivity index (χ3n) is 5.00. The van der Waals surface area contributed by atoms with E-state index >= 15 is 0 Å². The molecule has 148 valence electrons. The highest BCUT2D eigenvalue weighted by Crippen LogP contribution is 2.32. The molecule has 0 saturated carbocycles. The second-order valence-corrected chi connectivity index (χ2v) is 7.08. The molecule has 0 aliphatic heterocycles. The molecule has 2 heterocycles. The predicted octanol–water partition coefficient (Wildman–Crippen LogP) is 5.74. The number of nitrogens with zero attached hydrogens (tertiary/aromatic N) is 2. The topological polar surface area (TPSA) is 46.4 Å². The Morgan fingerprint density at radius 3 is 2.75 bits per heavy atom. The highest BCUT2D eigenvalue weighted by Gasteiger charge is 2.23. The lowest BCUT2D eigenvalue weighted by molar-refractivity contribution is -0.120. The Kier molecular flexibility index (Phi) is 6.07. The Bertz CT molecular complexity index is 997. The Morgan fingerprint density at radius 1 is 1.25 bits per heavy atom. The number of carbonyl (C=O) groups is 1.